The minimum Gasteiger partial charge on any atom is -0.481 e. The Morgan fingerprint density at radius 1 is 1.53 bits per heavy atom. The Labute approximate surface area is 88.4 Å². The maximum Gasteiger partial charge on any atom is 0.303 e. The van der Waals surface area contributed by atoms with Gasteiger partial charge in [0.25, 0.3) is 0 Å². The molecular weight excluding hydrogens is 192 g/mol. The molecule has 15 heavy (non-hydrogen) atoms. The lowest BCUT2D eigenvalue weighted by molar-refractivity contribution is -0.137. The minimum absolute atomic E-state index is 0.100. The van der Waals surface area contributed by atoms with Crippen molar-refractivity contribution in [3.8, 4) is 0 Å². The number of hydrogen-bond acceptors (Lipinski definition) is 3. The van der Waals surface area contributed by atoms with Gasteiger partial charge in [0, 0.05) is 18.3 Å². The van der Waals surface area contributed by atoms with Crippen molar-refractivity contribution in [3.63, 3.8) is 0 Å². The number of hydrogen-bond donors (Lipinski definition) is 1. The van der Waals surface area contributed by atoms with E-state index in [4.69, 9.17) is 5.11 Å². The van der Waals surface area contributed by atoms with E-state index in [2.05, 4.69) is 9.97 Å². The summed E-state index contributed by atoms with van der Waals surface area (Å²) in [4.78, 5) is 19.0. The van der Waals surface area contributed by atoms with Gasteiger partial charge in [-0.15, -0.1) is 0 Å². The molecule has 1 aliphatic rings. The van der Waals surface area contributed by atoms with Crippen LogP contribution in [0.2, 0.25) is 0 Å². The molecule has 2 rings (SSSR count). The first-order valence-electron chi connectivity index (χ1n) is 5.17. The van der Waals surface area contributed by atoms with Gasteiger partial charge in [-0.2, -0.15) is 0 Å². The van der Waals surface area contributed by atoms with E-state index >= 15 is 0 Å². The SMILES string of the molecule is Cc1ncc(C(CC(=O)O)C2CC2)cn1. The molecule has 80 valence electrons. The average Bonchev–Trinajstić information content (AvgIpc) is 2.99. The highest BCUT2D eigenvalue weighted by molar-refractivity contribution is 5.68. The molecule has 0 saturated heterocycles. The van der Waals surface area contributed by atoms with Gasteiger partial charge in [0.2, 0.25) is 0 Å². The van der Waals surface area contributed by atoms with E-state index in [-0.39, 0.29) is 12.3 Å². The Bertz CT molecular complexity index is 357. The van der Waals surface area contributed by atoms with Crippen LogP contribution in [0.3, 0.4) is 0 Å². The number of rotatable bonds is 4. The first-order chi connectivity index (χ1) is 7.16. The van der Waals surface area contributed by atoms with Gasteiger partial charge in [-0.3, -0.25) is 4.79 Å². The monoisotopic (exact) mass is 206 g/mol. The highest BCUT2D eigenvalue weighted by Gasteiger charge is 2.34. The number of aliphatic carboxylic acids is 1. The van der Waals surface area contributed by atoms with Crippen molar-refractivity contribution in [1.29, 1.82) is 0 Å². The fraction of sp³-hybridized carbons (Fsp3) is 0.545. The third-order valence-corrected chi connectivity index (χ3v) is 2.81. The Kier molecular flexibility index (Phi) is 2.66. The van der Waals surface area contributed by atoms with Gasteiger partial charge in [-0.25, -0.2) is 9.97 Å². The molecule has 0 aromatic carbocycles. The Morgan fingerprint density at radius 3 is 2.60 bits per heavy atom. The number of carboxylic acid groups (broad SMARTS) is 1. The second-order valence-electron chi connectivity index (χ2n) is 4.11. The van der Waals surface area contributed by atoms with Gasteiger partial charge in [0.1, 0.15) is 5.82 Å². The highest BCUT2D eigenvalue weighted by Crippen LogP contribution is 2.44. The summed E-state index contributed by atoms with van der Waals surface area (Å²) >= 11 is 0. The summed E-state index contributed by atoms with van der Waals surface area (Å²) in [7, 11) is 0. The molecule has 1 heterocycles. The van der Waals surface area contributed by atoms with E-state index < -0.39 is 5.97 Å². The van der Waals surface area contributed by atoms with Gasteiger partial charge in [0.15, 0.2) is 0 Å². The van der Waals surface area contributed by atoms with E-state index in [1.165, 1.54) is 0 Å². The van der Waals surface area contributed by atoms with Crippen molar-refractivity contribution in [2.45, 2.75) is 32.1 Å². The number of aryl methyl sites for hydroxylation is 1. The first-order valence-corrected chi connectivity index (χ1v) is 5.17. The molecule has 0 aliphatic heterocycles. The molecule has 1 fully saturated rings. The zero-order valence-electron chi connectivity index (χ0n) is 8.68. The second-order valence-corrected chi connectivity index (χ2v) is 4.11. The topological polar surface area (TPSA) is 63.1 Å². The first kappa shape index (κ1) is 10.1. The predicted molar refractivity (Wildman–Crippen MR) is 54.5 cm³/mol. The van der Waals surface area contributed by atoms with Gasteiger partial charge < -0.3 is 5.11 Å². The van der Waals surface area contributed by atoms with E-state index in [1.54, 1.807) is 12.4 Å². The van der Waals surface area contributed by atoms with Crippen LogP contribution in [0.25, 0.3) is 0 Å². The molecule has 1 aliphatic carbocycles. The van der Waals surface area contributed by atoms with Crippen molar-refractivity contribution in [1.82, 2.24) is 9.97 Å². The summed E-state index contributed by atoms with van der Waals surface area (Å²) in [5.41, 5.74) is 0.963. The molecule has 4 heteroatoms. The molecule has 4 nitrogen and oxygen atoms in total. The molecular formula is C11H14N2O2. The highest BCUT2D eigenvalue weighted by atomic mass is 16.4. The lowest BCUT2D eigenvalue weighted by Crippen LogP contribution is -2.09. The van der Waals surface area contributed by atoms with Crippen LogP contribution >= 0.6 is 0 Å². The number of carboxylic acids is 1. The smallest absolute Gasteiger partial charge is 0.303 e. The second kappa shape index (κ2) is 3.96. The average molecular weight is 206 g/mol. The van der Waals surface area contributed by atoms with Crippen LogP contribution in [-0.4, -0.2) is 21.0 Å². The molecule has 1 saturated carbocycles. The van der Waals surface area contributed by atoms with Crippen LogP contribution in [0, 0.1) is 12.8 Å². The standard InChI is InChI=1S/C11H14N2O2/c1-7-12-5-9(6-13-7)10(4-11(14)15)8-2-3-8/h5-6,8,10H,2-4H2,1H3,(H,14,15). The Hall–Kier alpha value is -1.45. The van der Waals surface area contributed by atoms with Crippen LogP contribution in [0.1, 0.15) is 36.6 Å². The van der Waals surface area contributed by atoms with Crippen LogP contribution in [-0.2, 0) is 4.79 Å². The zero-order chi connectivity index (χ0) is 10.8. The number of carbonyl (C=O) groups is 1. The maximum absolute atomic E-state index is 10.7. The molecule has 1 aromatic heterocycles. The largest absolute Gasteiger partial charge is 0.481 e. The quantitative estimate of drug-likeness (QED) is 0.815. The number of aromatic nitrogens is 2. The molecule has 1 unspecified atom stereocenters. The molecule has 0 bridgehead atoms. The van der Waals surface area contributed by atoms with Crippen LogP contribution in [0.4, 0.5) is 0 Å². The molecule has 0 spiro atoms. The van der Waals surface area contributed by atoms with Crippen molar-refractivity contribution < 1.29 is 9.90 Å². The van der Waals surface area contributed by atoms with Crippen molar-refractivity contribution >= 4 is 5.97 Å². The summed E-state index contributed by atoms with van der Waals surface area (Å²) in [6, 6.07) is 0. The fourth-order valence-corrected chi connectivity index (χ4v) is 1.84. The summed E-state index contributed by atoms with van der Waals surface area (Å²) in [6.45, 7) is 1.83. The summed E-state index contributed by atoms with van der Waals surface area (Å²) < 4.78 is 0. The van der Waals surface area contributed by atoms with E-state index in [9.17, 15) is 4.79 Å². The predicted octanol–water partition coefficient (Wildman–Crippen LogP) is 1.75. The van der Waals surface area contributed by atoms with Crippen LogP contribution < -0.4 is 0 Å². The zero-order valence-corrected chi connectivity index (χ0v) is 8.68. The van der Waals surface area contributed by atoms with Crippen LogP contribution in [0.15, 0.2) is 12.4 Å². The van der Waals surface area contributed by atoms with E-state index in [1.807, 2.05) is 6.92 Å². The van der Waals surface area contributed by atoms with Gasteiger partial charge in [-0.05, 0) is 31.2 Å². The maximum atomic E-state index is 10.7. The summed E-state index contributed by atoms with van der Waals surface area (Å²) in [5, 5.41) is 8.84. The van der Waals surface area contributed by atoms with E-state index in [0.717, 1.165) is 24.2 Å². The van der Waals surface area contributed by atoms with Crippen molar-refractivity contribution in [2.24, 2.45) is 5.92 Å². The molecule has 1 atom stereocenters. The normalized spacial score (nSPS) is 17.4. The molecule has 1 N–H and O–H groups in total. The Balaban J connectivity index is 2.16. The third-order valence-electron chi connectivity index (χ3n) is 2.81. The minimum atomic E-state index is -0.743. The lowest BCUT2D eigenvalue weighted by atomic mass is 9.93. The summed E-state index contributed by atoms with van der Waals surface area (Å²) in [6.07, 6.45) is 5.97. The summed E-state index contributed by atoms with van der Waals surface area (Å²) in [5.74, 6) is 0.603. The van der Waals surface area contributed by atoms with Gasteiger partial charge >= 0.3 is 5.97 Å². The number of nitrogens with zero attached hydrogens (tertiary/aromatic N) is 2. The van der Waals surface area contributed by atoms with Gasteiger partial charge in [0.05, 0.1) is 6.42 Å². The van der Waals surface area contributed by atoms with Crippen molar-refractivity contribution in [3.05, 3.63) is 23.8 Å². The van der Waals surface area contributed by atoms with Crippen LogP contribution in [0.5, 0.6) is 0 Å². The van der Waals surface area contributed by atoms with E-state index in [0.29, 0.717) is 5.92 Å². The molecule has 0 amide bonds. The van der Waals surface area contributed by atoms with Crippen molar-refractivity contribution in [2.75, 3.05) is 0 Å². The molecule has 1 aromatic rings. The lowest BCUT2D eigenvalue weighted by Gasteiger charge is -2.13. The van der Waals surface area contributed by atoms with Gasteiger partial charge in [-0.1, -0.05) is 0 Å². The Morgan fingerprint density at radius 2 is 2.13 bits per heavy atom. The third kappa shape index (κ3) is 2.52. The molecule has 0 radical (unpaired) electrons. The fourth-order valence-electron chi connectivity index (χ4n) is 1.84.